The average molecular weight is 228 g/mol. The lowest BCUT2D eigenvalue weighted by Gasteiger charge is -2.51. The van der Waals surface area contributed by atoms with E-state index in [-0.39, 0.29) is 0 Å². The van der Waals surface area contributed by atoms with Crippen LogP contribution in [0, 0.1) is 23.7 Å². The van der Waals surface area contributed by atoms with Crippen molar-refractivity contribution in [2.24, 2.45) is 5.41 Å². The van der Waals surface area contributed by atoms with Crippen LogP contribution >= 0.6 is 0 Å². The Balaban J connectivity index is 2.23. The van der Waals surface area contributed by atoms with Crippen molar-refractivity contribution in [3.8, 4) is 6.07 Å². The minimum Gasteiger partial charge on any atom is -0.369 e. The average Bonchev–Trinajstić information content (AvgIpc) is 2.29. The smallest absolute Gasteiger partial charge is 0.102 e. The molecule has 0 saturated carbocycles. The van der Waals surface area contributed by atoms with Gasteiger partial charge in [-0.3, -0.25) is 0 Å². The summed E-state index contributed by atoms with van der Waals surface area (Å²) in [5.41, 5.74) is 3.52. The molecule has 1 heterocycles. The summed E-state index contributed by atoms with van der Waals surface area (Å²) in [4.78, 5) is 2.35. The van der Waals surface area contributed by atoms with Crippen LogP contribution in [-0.4, -0.2) is 13.1 Å². The number of aryl methyl sites for hydroxylation is 1. The van der Waals surface area contributed by atoms with Crippen LogP contribution in [0.2, 0.25) is 0 Å². The van der Waals surface area contributed by atoms with Crippen molar-refractivity contribution in [1.82, 2.24) is 0 Å². The lowest BCUT2D eigenvalue weighted by Crippen LogP contribution is -2.56. The van der Waals surface area contributed by atoms with Gasteiger partial charge in [0.2, 0.25) is 0 Å². The zero-order chi connectivity index (χ0) is 12.5. The van der Waals surface area contributed by atoms with Crippen LogP contribution in [0.3, 0.4) is 0 Å². The molecule has 1 aromatic carbocycles. The maximum absolute atomic E-state index is 9.24. The molecule has 0 radical (unpaired) electrons. The first-order chi connectivity index (χ1) is 8.15. The second-order valence-corrected chi connectivity index (χ2v) is 5.14. The van der Waals surface area contributed by atoms with Crippen molar-refractivity contribution < 1.29 is 0 Å². The standard InChI is InChI=1S/C15H20N2/c1-4-15(5-2)10-17(11-15)14-8-6-7-12(3)13(14)9-16/h6-8H,4-5,10-11H2,1-3H3. The van der Waals surface area contributed by atoms with Gasteiger partial charge in [-0.2, -0.15) is 5.26 Å². The Labute approximate surface area is 104 Å². The predicted octanol–water partition coefficient (Wildman–Crippen LogP) is 3.49. The first kappa shape index (κ1) is 12.0. The largest absolute Gasteiger partial charge is 0.369 e. The van der Waals surface area contributed by atoms with Gasteiger partial charge in [0.25, 0.3) is 0 Å². The van der Waals surface area contributed by atoms with Gasteiger partial charge in [-0.1, -0.05) is 26.0 Å². The topological polar surface area (TPSA) is 27.0 Å². The number of rotatable bonds is 3. The van der Waals surface area contributed by atoms with Gasteiger partial charge in [0.1, 0.15) is 6.07 Å². The third kappa shape index (κ3) is 1.91. The fourth-order valence-electron chi connectivity index (χ4n) is 2.69. The minimum absolute atomic E-state index is 0.483. The third-order valence-corrected chi connectivity index (χ3v) is 4.26. The van der Waals surface area contributed by atoms with E-state index in [1.54, 1.807) is 0 Å². The Hall–Kier alpha value is -1.49. The molecule has 1 aromatic rings. The minimum atomic E-state index is 0.483. The summed E-state index contributed by atoms with van der Waals surface area (Å²) in [6.45, 7) is 8.73. The molecule has 0 N–H and O–H groups in total. The molecule has 1 saturated heterocycles. The Kier molecular flexibility index (Phi) is 3.11. The molecule has 0 bridgehead atoms. The highest BCUT2D eigenvalue weighted by atomic mass is 15.2. The molecule has 1 aliphatic rings. The van der Waals surface area contributed by atoms with E-state index >= 15 is 0 Å². The number of nitriles is 1. The quantitative estimate of drug-likeness (QED) is 0.791. The Bertz CT molecular complexity index is 444. The van der Waals surface area contributed by atoms with E-state index in [0.717, 1.165) is 29.9 Å². The number of hydrogen-bond acceptors (Lipinski definition) is 2. The van der Waals surface area contributed by atoms with Crippen molar-refractivity contribution >= 4 is 5.69 Å². The van der Waals surface area contributed by atoms with Crippen molar-refractivity contribution in [3.05, 3.63) is 29.3 Å². The molecule has 0 atom stereocenters. The highest BCUT2D eigenvalue weighted by Gasteiger charge is 2.40. The number of nitrogens with zero attached hydrogens (tertiary/aromatic N) is 2. The lowest BCUT2D eigenvalue weighted by atomic mass is 9.74. The fourth-order valence-corrected chi connectivity index (χ4v) is 2.69. The van der Waals surface area contributed by atoms with E-state index in [4.69, 9.17) is 0 Å². The summed E-state index contributed by atoms with van der Waals surface area (Å²) in [6.07, 6.45) is 2.46. The maximum atomic E-state index is 9.24. The molecule has 0 unspecified atom stereocenters. The van der Waals surface area contributed by atoms with Gasteiger partial charge in [0.15, 0.2) is 0 Å². The normalized spacial score (nSPS) is 17.4. The van der Waals surface area contributed by atoms with Crippen LogP contribution in [0.15, 0.2) is 18.2 Å². The summed E-state index contributed by atoms with van der Waals surface area (Å²) in [5.74, 6) is 0. The van der Waals surface area contributed by atoms with Crippen LogP contribution in [-0.2, 0) is 0 Å². The summed E-state index contributed by atoms with van der Waals surface area (Å²) < 4.78 is 0. The molecule has 2 rings (SSSR count). The molecule has 17 heavy (non-hydrogen) atoms. The second-order valence-electron chi connectivity index (χ2n) is 5.14. The summed E-state index contributed by atoms with van der Waals surface area (Å²) in [7, 11) is 0. The van der Waals surface area contributed by atoms with E-state index in [9.17, 15) is 5.26 Å². The molecule has 1 aliphatic heterocycles. The molecule has 0 spiro atoms. The molecule has 90 valence electrons. The van der Waals surface area contributed by atoms with E-state index in [1.165, 1.54) is 12.8 Å². The van der Waals surface area contributed by atoms with Gasteiger partial charge >= 0.3 is 0 Å². The number of hydrogen-bond donors (Lipinski definition) is 0. The van der Waals surface area contributed by atoms with Gasteiger partial charge in [0.05, 0.1) is 11.3 Å². The second kappa shape index (κ2) is 4.41. The Morgan fingerprint density at radius 1 is 1.29 bits per heavy atom. The van der Waals surface area contributed by atoms with Crippen LogP contribution < -0.4 is 4.90 Å². The maximum Gasteiger partial charge on any atom is 0.102 e. The molecule has 2 nitrogen and oxygen atoms in total. The van der Waals surface area contributed by atoms with Crippen molar-refractivity contribution in [3.63, 3.8) is 0 Å². The van der Waals surface area contributed by atoms with Gasteiger partial charge in [-0.05, 0) is 31.4 Å². The first-order valence-corrected chi connectivity index (χ1v) is 6.40. The summed E-state index contributed by atoms with van der Waals surface area (Å²) in [6, 6.07) is 8.46. The Morgan fingerprint density at radius 3 is 2.47 bits per heavy atom. The first-order valence-electron chi connectivity index (χ1n) is 6.40. The summed E-state index contributed by atoms with van der Waals surface area (Å²) in [5, 5.41) is 9.24. The van der Waals surface area contributed by atoms with E-state index in [0.29, 0.717) is 5.41 Å². The molecule has 0 amide bonds. The molecular formula is C15H20N2. The van der Waals surface area contributed by atoms with Gasteiger partial charge in [-0.25, -0.2) is 0 Å². The van der Waals surface area contributed by atoms with E-state index in [1.807, 2.05) is 19.1 Å². The molecule has 0 aliphatic carbocycles. The van der Waals surface area contributed by atoms with E-state index < -0.39 is 0 Å². The van der Waals surface area contributed by atoms with Crippen LogP contribution in [0.4, 0.5) is 5.69 Å². The predicted molar refractivity (Wildman–Crippen MR) is 71.1 cm³/mol. The van der Waals surface area contributed by atoms with Crippen molar-refractivity contribution in [1.29, 1.82) is 5.26 Å². The Morgan fingerprint density at radius 2 is 1.94 bits per heavy atom. The highest BCUT2D eigenvalue weighted by molar-refractivity contribution is 5.64. The van der Waals surface area contributed by atoms with Crippen molar-refractivity contribution in [2.75, 3.05) is 18.0 Å². The van der Waals surface area contributed by atoms with Gasteiger partial charge in [-0.15, -0.1) is 0 Å². The van der Waals surface area contributed by atoms with Crippen LogP contribution in [0.1, 0.15) is 37.8 Å². The van der Waals surface area contributed by atoms with Gasteiger partial charge in [0, 0.05) is 18.5 Å². The molecule has 2 heteroatoms. The fraction of sp³-hybridized carbons (Fsp3) is 0.533. The van der Waals surface area contributed by atoms with E-state index in [2.05, 4.69) is 30.9 Å². The summed E-state index contributed by atoms with van der Waals surface area (Å²) >= 11 is 0. The zero-order valence-electron chi connectivity index (χ0n) is 11.0. The molecular weight excluding hydrogens is 208 g/mol. The zero-order valence-corrected chi connectivity index (χ0v) is 11.0. The highest BCUT2D eigenvalue weighted by Crippen LogP contribution is 2.41. The lowest BCUT2D eigenvalue weighted by molar-refractivity contribution is 0.194. The van der Waals surface area contributed by atoms with Crippen molar-refractivity contribution in [2.45, 2.75) is 33.6 Å². The third-order valence-electron chi connectivity index (χ3n) is 4.26. The molecule has 0 aromatic heterocycles. The van der Waals surface area contributed by atoms with Gasteiger partial charge < -0.3 is 4.90 Å². The van der Waals surface area contributed by atoms with Crippen LogP contribution in [0.25, 0.3) is 0 Å². The monoisotopic (exact) mass is 228 g/mol. The SMILES string of the molecule is CCC1(CC)CN(c2cccc(C)c2C#N)C1. The number of benzene rings is 1. The van der Waals surface area contributed by atoms with Crippen LogP contribution in [0.5, 0.6) is 0 Å². The number of anilines is 1. The molecule has 1 fully saturated rings.